The summed E-state index contributed by atoms with van der Waals surface area (Å²) >= 11 is 0. The van der Waals surface area contributed by atoms with E-state index in [1.165, 1.54) is 11.3 Å². The van der Waals surface area contributed by atoms with Gasteiger partial charge >= 0.3 is 6.09 Å². The maximum absolute atomic E-state index is 10.6. The second-order valence-corrected chi connectivity index (χ2v) is 1.77. The maximum atomic E-state index is 10.6. The molecule has 0 unspecified atom stereocenters. The maximum Gasteiger partial charge on any atom is 0.433 e. The van der Waals surface area contributed by atoms with E-state index in [4.69, 9.17) is 0 Å². The second kappa shape index (κ2) is 1.97. The molecule has 0 saturated heterocycles. The standard InChI is InChI=1S/C5H8N2O2/c1-6-3-4-9-5(8)7(6)2/h3-4H,1-2H3. The van der Waals surface area contributed by atoms with Gasteiger partial charge in [-0.25, -0.2) is 9.80 Å². The molecule has 0 aromatic rings. The number of hydrazine groups is 1. The second-order valence-electron chi connectivity index (χ2n) is 1.77. The quantitative estimate of drug-likeness (QED) is 0.473. The van der Waals surface area contributed by atoms with Crippen LogP contribution in [-0.4, -0.2) is 30.2 Å². The van der Waals surface area contributed by atoms with Gasteiger partial charge in [-0.2, -0.15) is 0 Å². The van der Waals surface area contributed by atoms with Gasteiger partial charge < -0.3 is 4.74 Å². The third kappa shape index (κ3) is 0.960. The number of carbonyl (C=O) groups is 1. The third-order valence-electron chi connectivity index (χ3n) is 1.18. The van der Waals surface area contributed by atoms with E-state index in [0.29, 0.717) is 0 Å². The van der Waals surface area contributed by atoms with Gasteiger partial charge in [0.1, 0.15) is 6.26 Å². The summed E-state index contributed by atoms with van der Waals surface area (Å²) in [5.74, 6) is 0. The molecular formula is C5H8N2O2. The smallest absolute Gasteiger partial charge is 0.415 e. The molecule has 1 aliphatic rings. The van der Waals surface area contributed by atoms with Gasteiger partial charge in [0.05, 0.1) is 6.20 Å². The van der Waals surface area contributed by atoms with E-state index >= 15 is 0 Å². The summed E-state index contributed by atoms with van der Waals surface area (Å²) in [4.78, 5) is 10.6. The fourth-order valence-corrected chi connectivity index (χ4v) is 0.482. The Balaban J connectivity index is 2.69. The molecule has 1 aliphatic heterocycles. The molecule has 0 fully saturated rings. The van der Waals surface area contributed by atoms with E-state index in [1.807, 2.05) is 0 Å². The molecule has 0 aliphatic carbocycles. The first-order valence-corrected chi connectivity index (χ1v) is 2.55. The van der Waals surface area contributed by atoms with E-state index in [9.17, 15) is 4.79 Å². The zero-order valence-electron chi connectivity index (χ0n) is 5.37. The van der Waals surface area contributed by atoms with Gasteiger partial charge in [-0.15, -0.1) is 0 Å². The molecule has 1 rings (SSSR count). The Bertz CT molecular complexity index is 155. The number of ether oxygens (including phenoxy) is 1. The zero-order valence-corrected chi connectivity index (χ0v) is 5.37. The monoisotopic (exact) mass is 128 g/mol. The number of amides is 1. The molecular weight excluding hydrogens is 120 g/mol. The van der Waals surface area contributed by atoms with Gasteiger partial charge in [-0.1, -0.05) is 0 Å². The summed E-state index contributed by atoms with van der Waals surface area (Å²) < 4.78 is 4.53. The van der Waals surface area contributed by atoms with E-state index < -0.39 is 0 Å². The van der Waals surface area contributed by atoms with Crippen LogP contribution in [0, 0.1) is 0 Å². The number of hydrogen-bond acceptors (Lipinski definition) is 3. The van der Waals surface area contributed by atoms with Crippen molar-refractivity contribution in [3.05, 3.63) is 12.5 Å². The summed E-state index contributed by atoms with van der Waals surface area (Å²) in [5.41, 5.74) is 0. The molecule has 0 saturated carbocycles. The molecule has 0 spiro atoms. The number of nitrogens with zero attached hydrogens (tertiary/aromatic N) is 2. The normalized spacial score (nSPS) is 18.2. The largest absolute Gasteiger partial charge is 0.433 e. The van der Waals surface area contributed by atoms with Crippen molar-refractivity contribution in [2.75, 3.05) is 14.1 Å². The van der Waals surface area contributed by atoms with Crippen molar-refractivity contribution >= 4 is 6.09 Å². The van der Waals surface area contributed by atoms with Crippen molar-refractivity contribution in [1.82, 2.24) is 10.0 Å². The van der Waals surface area contributed by atoms with Gasteiger partial charge in [0.15, 0.2) is 0 Å². The summed E-state index contributed by atoms with van der Waals surface area (Å²) in [6, 6.07) is 0. The minimum atomic E-state index is -0.361. The molecule has 4 heteroatoms. The third-order valence-corrected chi connectivity index (χ3v) is 1.18. The molecule has 0 aromatic carbocycles. The fraction of sp³-hybridized carbons (Fsp3) is 0.400. The minimum Gasteiger partial charge on any atom is -0.415 e. The molecule has 0 atom stereocenters. The fourth-order valence-electron chi connectivity index (χ4n) is 0.482. The van der Waals surface area contributed by atoms with Crippen molar-refractivity contribution in [1.29, 1.82) is 0 Å². The van der Waals surface area contributed by atoms with Crippen LogP contribution in [0.4, 0.5) is 4.79 Å². The molecule has 0 bridgehead atoms. The van der Waals surface area contributed by atoms with Crippen LogP contribution in [-0.2, 0) is 4.74 Å². The highest BCUT2D eigenvalue weighted by molar-refractivity contribution is 5.68. The van der Waals surface area contributed by atoms with E-state index in [0.717, 1.165) is 0 Å². The molecule has 4 nitrogen and oxygen atoms in total. The van der Waals surface area contributed by atoms with Crippen LogP contribution in [0.15, 0.2) is 12.5 Å². The predicted molar refractivity (Wildman–Crippen MR) is 31.1 cm³/mol. The summed E-state index contributed by atoms with van der Waals surface area (Å²) in [5, 5.41) is 2.99. The Morgan fingerprint density at radius 1 is 1.56 bits per heavy atom. The van der Waals surface area contributed by atoms with Crippen molar-refractivity contribution in [2.45, 2.75) is 0 Å². The lowest BCUT2D eigenvalue weighted by atomic mass is 10.8. The van der Waals surface area contributed by atoms with Crippen LogP contribution in [0.5, 0.6) is 0 Å². The van der Waals surface area contributed by atoms with Gasteiger partial charge in [-0.05, 0) is 0 Å². The highest BCUT2D eigenvalue weighted by atomic mass is 16.6. The number of rotatable bonds is 0. The van der Waals surface area contributed by atoms with Crippen LogP contribution in [0.25, 0.3) is 0 Å². The SMILES string of the molecule is CN1C=COC(=O)N1C. The Hall–Kier alpha value is -1.19. The number of hydrogen-bond donors (Lipinski definition) is 0. The van der Waals surface area contributed by atoms with Gasteiger partial charge in [-0.3, -0.25) is 5.01 Å². The molecule has 50 valence electrons. The average molecular weight is 128 g/mol. The predicted octanol–water partition coefficient (Wildman–Crippen LogP) is 0.386. The molecule has 0 N–H and O–H groups in total. The van der Waals surface area contributed by atoms with E-state index in [2.05, 4.69) is 4.74 Å². The highest BCUT2D eigenvalue weighted by Gasteiger charge is 2.14. The Kier molecular flexibility index (Phi) is 1.30. The Labute approximate surface area is 53.3 Å². The van der Waals surface area contributed by atoms with Gasteiger partial charge in [0.2, 0.25) is 0 Å². The molecule has 0 aromatic heterocycles. The number of cyclic esters (lactones) is 1. The lowest BCUT2D eigenvalue weighted by molar-refractivity contribution is 0.0448. The first-order chi connectivity index (χ1) is 4.22. The van der Waals surface area contributed by atoms with Crippen molar-refractivity contribution < 1.29 is 9.53 Å². The van der Waals surface area contributed by atoms with E-state index in [-0.39, 0.29) is 6.09 Å². The summed E-state index contributed by atoms with van der Waals surface area (Å²) in [7, 11) is 3.39. The van der Waals surface area contributed by atoms with Crippen LogP contribution < -0.4 is 0 Å². The lowest BCUT2D eigenvalue weighted by Gasteiger charge is -2.27. The number of carbonyl (C=O) groups excluding carboxylic acids is 1. The van der Waals surface area contributed by atoms with Gasteiger partial charge in [0.25, 0.3) is 0 Å². The zero-order chi connectivity index (χ0) is 6.85. The molecule has 1 heterocycles. The summed E-state index contributed by atoms with van der Waals surface area (Å²) in [6.45, 7) is 0. The van der Waals surface area contributed by atoms with Crippen LogP contribution in [0.1, 0.15) is 0 Å². The topological polar surface area (TPSA) is 32.8 Å². The van der Waals surface area contributed by atoms with Crippen LogP contribution in [0.3, 0.4) is 0 Å². The van der Waals surface area contributed by atoms with E-state index in [1.54, 1.807) is 25.3 Å². The van der Waals surface area contributed by atoms with Crippen LogP contribution >= 0.6 is 0 Å². The van der Waals surface area contributed by atoms with Crippen molar-refractivity contribution in [2.24, 2.45) is 0 Å². The van der Waals surface area contributed by atoms with Gasteiger partial charge in [0, 0.05) is 14.1 Å². The van der Waals surface area contributed by atoms with Crippen molar-refractivity contribution in [3.8, 4) is 0 Å². The minimum absolute atomic E-state index is 0.361. The molecule has 9 heavy (non-hydrogen) atoms. The molecule has 0 radical (unpaired) electrons. The lowest BCUT2D eigenvalue weighted by Crippen LogP contribution is -2.40. The first kappa shape index (κ1) is 5.94. The van der Waals surface area contributed by atoms with Crippen LogP contribution in [0.2, 0.25) is 0 Å². The Morgan fingerprint density at radius 3 is 2.67 bits per heavy atom. The summed E-state index contributed by atoms with van der Waals surface area (Å²) in [6.07, 6.45) is 2.64. The Morgan fingerprint density at radius 2 is 2.22 bits per heavy atom. The van der Waals surface area contributed by atoms with Crippen molar-refractivity contribution in [3.63, 3.8) is 0 Å². The highest BCUT2D eigenvalue weighted by Crippen LogP contribution is 2.01. The molecule has 1 amide bonds. The average Bonchev–Trinajstić information content (AvgIpc) is 1.83. The first-order valence-electron chi connectivity index (χ1n) is 2.55.